The summed E-state index contributed by atoms with van der Waals surface area (Å²) in [5, 5.41) is 0. The molecular formula is C16H21N3. The van der Waals surface area contributed by atoms with Gasteiger partial charge in [-0.3, -0.25) is 0 Å². The van der Waals surface area contributed by atoms with Gasteiger partial charge in [0.05, 0.1) is 0 Å². The van der Waals surface area contributed by atoms with Gasteiger partial charge in [0.25, 0.3) is 0 Å². The molecule has 0 bridgehead atoms. The van der Waals surface area contributed by atoms with Crippen molar-refractivity contribution in [3.8, 4) is 0 Å². The molecule has 3 nitrogen and oxygen atoms in total. The van der Waals surface area contributed by atoms with Gasteiger partial charge in [-0.05, 0) is 36.2 Å². The second-order valence-corrected chi connectivity index (χ2v) is 4.67. The Morgan fingerprint density at radius 3 is 2.53 bits per heavy atom. The van der Waals surface area contributed by atoms with Crippen molar-refractivity contribution in [1.29, 1.82) is 0 Å². The molecule has 0 spiro atoms. The van der Waals surface area contributed by atoms with E-state index >= 15 is 0 Å². The summed E-state index contributed by atoms with van der Waals surface area (Å²) >= 11 is 0. The zero-order valence-electron chi connectivity index (χ0n) is 11.6. The third kappa shape index (κ3) is 3.32. The van der Waals surface area contributed by atoms with Crippen LogP contribution >= 0.6 is 0 Å². The van der Waals surface area contributed by atoms with E-state index in [1.54, 1.807) is 0 Å². The predicted molar refractivity (Wildman–Crippen MR) is 80.6 cm³/mol. The first kappa shape index (κ1) is 13.6. The van der Waals surface area contributed by atoms with Crippen molar-refractivity contribution in [3.63, 3.8) is 0 Å². The Morgan fingerprint density at radius 2 is 1.89 bits per heavy atom. The number of benzene rings is 1. The molecule has 0 aliphatic carbocycles. The Balaban J connectivity index is 2.35. The summed E-state index contributed by atoms with van der Waals surface area (Å²) in [4.78, 5) is 6.81. The minimum atomic E-state index is 0.550. The average Bonchev–Trinajstić information content (AvgIpc) is 2.47. The standard InChI is InChI=1S/C16H21N3/c1-3-7-14-10-13(12-17)11-16(18-14)19(2)15-8-5-4-6-9-15/h4-6,8-11H,3,7,12,17H2,1-2H3. The van der Waals surface area contributed by atoms with Crippen molar-refractivity contribution >= 4 is 11.5 Å². The molecule has 0 radical (unpaired) electrons. The molecule has 3 heteroatoms. The monoisotopic (exact) mass is 255 g/mol. The van der Waals surface area contributed by atoms with Gasteiger partial charge in [-0.1, -0.05) is 31.5 Å². The van der Waals surface area contributed by atoms with Gasteiger partial charge in [0, 0.05) is 25.0 Å². The molecule has 2 N–H and O–H groups in total. The first-order valence-electron chi connectivity index (χ1n) is 6.73. The van der Waals surface area contributed by atoms with E-state index in [1.165, 1.54) is 0 Å². The molecule has 1 aromatic heterocycles. The van der Waals surface area contributed by atoms with Crippen LogP contribution in [0.15, 0.2) is 42.5 Å². The van der Waals surface area contributed by atoms with E-state index in [4.69, 9.17) is 10.7 Å². The Morgan fingerprint density at radius 1 is 1.16 bits per heavy atom. The van der Waals surface area contributed by atoms with Crippen molar-refractivity contribution in [3.05, 3.63) is 53.7 Å². The van der Waals surface area contributed by atoms with Gasteiger partial charge in [0.15, 0.2) is 0 Å². The zero-order chi connectivity index (χ0) is 13.7. The fraction of sp³-hybridized carbons (Fsp3) is 0.312. The predicted octanol–water partition coefficient (Wildman–Crippen LogP) is 3.26. The number of rotatable bonds is 5. The number of aromatic nitrogens is 1. The molecule has 0 saturated heterocycles. The second kappa shape index (κ2) is 6.34. The van der Waals surface area contributed by atoms with Crippen LogP contribution in [0.4, 0.5) is 11.5 Å². The van der Waals surface area contributed by atoms with Gasteiger partial charge in [-0.25, -0.2) is 4.98 Å². The summed E-state index contributed by atoms with van der Waals surface area (Å²) in [6, 6.07) is 14.4. The number of nitrogens with two attached hydrogens (primary N) is 1. The first-order chi connectivity index (χ1) is 9.24. The van der Waals surface area contributed by atoms with Crippen LogP contribution in [0.3, 0.4) is 0 Å². The van der Waals surface area contributed by atoms with Gasteiger partial charge in [0.2, 0.25) is 0 Å². The van der Waals surface area contributed by atoms with E-state index < -0.39 is 0 Å². The molecule has 0 aliphatic heterocycles. The van der Waals surface area contributed by atoms with E-state index in [0.717, 1.165) is 35.6 Å². The second-order valence-electron chi connectivity index (χ2n) is 4.67. The molecule has 0 fully saturated rings. The topological polar surface area (TPSA) is 42.1 Å². The molecule has 0 amide bonds. The molecule has 100 valence electrons. The molecule has 0 saturated carbocycles. The van der Waals surface area contributed by atoms with Crippen LogP contribution in [0, 0.1) is 0 Å². The summed E-state index contributed by atoms with van der Waals surface area (Å²) in [7, 11) is 2.04. The van der Waals surface area contributed by atoms with Crippen LogP contribution in [-0.2, 0) is 13.0 Å². The molecule has 1 heterocycles. The highest BCUT2D eigenvalue weighted by atomic mass is 15.2. The largest absolute Gasteiger partial charge is 0.329 e. The van der Waals surface area contributed by atoms with Crippen molar-refractivity contribution in [1.82, 2.24) is 4.98 Å². The maximum Gasteiger partial charge on any atom is 0.133 e. The number of aryl methyl sites for hydroxylation is 1. The van der Waals surface area contributed by atoms with E-state index in [0.29, 0.717) is 6.54 Å². The zero-order valence-corrected chi connectivity index (χ0v) is 11.6. The highest BCUT2D eigenvalue weighted by Gasteiger charge is 2.08. The highest BCUT2D eigenvalue weighted by molar-refractivity contribution is 5.59. The van der Waals surface area contributed by atoms with Crippen LogP contribution in [0.1, 0.15) is 24.6 Å². The van der Waals surface area contributed by atoms with Gasteiger partial charge < -0.3 is 10.6 Å². The van der Waals surface area contributed by atoms with Crippen LogP contribution in [0.5, 0.6) is 0 Å². The van der Waals surface area contributed by atoms with Crippen LogP contribution in [0.2, 0.25) is 0 Å². The average molecular weight is 255 g/mol. The quantitative estimate of drug-likeness (QED) is 0.891. The summed E-state index contributed by atoms with van der Waals surface area (Å²) in [6.07, 6.45) is 2.08. The Labute approximate surface area is 115 Å². The molecule has 0 unspecified atom stereocenters. The van der Waals surface area contributed by atoms with E-state index in [-0.39, 0.29) is 0 Å². The number of anilines is 2. The molecule has 0 aliphatic rings. The summed E-state index contributed by atoms with van der Waals surface area (Å²) < 4.78 is 0. The Bertz CT molecular complexity index is 523. The lowest BCUT2D eigenvalue weighted by atomic mass is 10.1. The number of pyridine rings is 1. The van der Waals surface area contributed by atoms with Crippen molar-refractivity contribution in [2.45, 2.75) is 26.3 Å². The van der Waals surface area contributed by atoms with Crippen molar-refractivity contribution in [2.24, 2.45) is 5.73 Å². The number of hydrogen-bond donors (Lipinski definition) is 1. The number of nitrogens with zero attached hydrogens (tertiary/aromatic N) is 2. The van der Waals surface area contributed by atoms with Crippen molar-refractivity contribution in [2.75, 3.05) is 11.9 Å². The van der Waals surface area contributed by atoms with E-state index in [2.05, 4.69) is 36.1 Å². The Hall–Kier alpha value is -1.87. The number of hydrogen-bond acceptors (Lipinski definition) is 3. The Kier molecular flexibility index (Phi) is 4.53. The molecule has 2 aromatic rings. The van der Waals surface area contributed by atoms with Gasteiger partial charge in [-0.2, -0.15) is 0 Å². The minimum absolute atomic E-state index is 0.550. The van der Waals surface area contributed by atoms with E-state index in [1.807, 2.05) is 25.2 Å². The summed E-state index contributed by atoms with van der Waals surface area (Å²) in [6.45, 7) is 2.71. The van der Waals surface area contributed by atoms with Crippen LogP contribution in [0.25, 0.3) is 0 Å². The summed E-state index contributed by atoms with van der Waals surface area (Å²) in [5.41, 5.74) is 9.16. The van der Waals surface area contributed by atoms with Gasteiger partial charge in [0.1, 0.15) is 5.82 Å². The lowest BCUT2D eigenvalue weighted by Gasteiger charge is -2.20. The third-order valence-corrected chi connectivity index (χ3v) is 3.15. The maximum absolute atomic E-state index is 5.78. The van der Waals surface area contributed by atoms with Gasteiger partial charge >= 0.3 is 0 Å². The lowest BCUT2D eigenvalue weighted by Crippen LogP contribution is -2.13. The van der Waals surface area contributed by atoms with Crippen LogP contribution in [-0.4, -0.2) is 12.0 Å². The van der Waals surface area contributed by atoms with Crippen LogP contribution < -0.4 is 10.6 Å². The van der Waals surface area contributed by atoms with Crippen molar-refractivity contribution < 1.29 is 0 Å². The molecule has 0 atom stereocenters. The van der Waals surface area contributed by atoms with E-state index in [9.17, 15) is 0 Å². The lowest BCUT2D eigenvalue weighted by molar-refractivity contribution is 0.870. The minimum Gasteiger partial charge on any atom is -0.329 e. The molecular weight excluding hydrogens is 234 g/mol. The highest BCUT2D eigenvalue weighted by Crippen LogP contribution is 2.23. The fourth-order valence-electron chi connectivity index (χ4n) is 2.09. The fourth-order valence-corrected chi connectivity index (χ4v) is 2.09. The maximum atomic E-state index is 5.78. The number of para-hydroxylation sites is 1. The van der Waals surface area contributed by atoms with Gasteiger partial charge in [-0.15, -0.1) is 0 Å². The summed E-state index contributed by atoms with van der Waals surface area (Å²) in [5.74, 6) is 0.956. The molecule has 2 rings (SSSR count). The smallest absolute Gasteiger partial charge is 0.133 e. The molecule has 19 heavy (non-hydrogen) atoms. The molecule has 1 aromatic carbocycles. The third-order valence-electron chi connectivity index (χ3n) is 3.15. The first-order valence-corrected chi connectivity index (χ1v) is 6.73. The normalized spacial score (nSPS) is 10.5. The SMILES string of the molecule is CCCc1cc(CN)cc(N(C)c2ccccc2)n1.